The van der Waals surface area contributed by atoms with Crippen LogP contribution in [-0.2, 0) is 0 Å². The minimum absolute atomic E-state index is 0.0911. The molecule has 4 aromatic rings. The van der Waals surface area contributed by atoms with Crippen molar-refractivity contribution in [3.63, 3.8) is 0 Å². The van der Waals surface area contributed by atoms with Crippen LogP contribution in [0.2, 0.25) is 0 Å². The molecule has 26 heavy (non-hydrogen) atoms. The standard InChI is InChI=1S/C21H16N2O2S/c1-25-16-10-8-15(9-11-16)23-20(13-12-17-5-4-14-26-17)22-19-7-3-2-6-18(19)21(23)24/h2-14H,1H3. The molecule has 2 aromatic heterocycles. The third kappa shape index (κ3) is 3.05. The maximum absolute atomic E-state index is 13.1. The van der Waals surface area contributed by atoms with E-state index in [1.54, 1.807) is 29.1 Å². The van der Waals surface area contributed by atoms with Gasteiger partial charge in [-0.05, 0) is 60.0 Å². The van der Waals surface area contributed by atoms with Crippen molar-refractivity contribution in [3.05, 3.63) is 87.1 Å². The van der Waals surface area contributed by atoms with Gasteiger partial charge in [0.2, 0.25) is 0 Å². The Morgan fingerprint density at radius 3 is 2.54 bits per heavy atom. The summed E-state index contributed by atoms with van der Waals surface area (Å²) in [6, 6.07) is 18.8. The normalized spacial score (nSPS) is 11.3. The molecule has 128 valence electrons. The molecule has 5 heteroatoms. The largest absolute Gasteiger partial charge is 0.497 e. The number of nitrogens with zero attached hydrogens (tertiary/aromatic N) is 2. The summed E-state index contributed by atoms with van der Waals surface area (Å²) in [6.45, 7) is 0. The molecule has 0 saturated heterocycles. The van der Waals surface area contributed by atoms with Gasteiger partial charge in [0.15, 0.2) is 0 Å². The van der Waals surface area contributed by atoms with Gasteiger partial charge in [0.1, 0.15) is 11.6 Å². The number of rotatable bonds is 4. The van der Waals surface area contributed by atoms with E-state index in [2.05, 4.69) is 0 Å². The van der Waals surface area contributed by atoms with Crippen LogP contribution >= 0.6 is 11.3 Å². The number of aromatic nitrogens is 2. The number of para-hydroxylation sites is 1. The zero-order valence-electron chi connectivity index (χ0n) is 14.1. The highest BCUT2D eigenvalue weighted by Gasteiger charge is 2.11. The SMILES string of the molecule is COc1ccc(-n2c(C=Cc3cccs3)nc3ccccc3c2=O)cc1. The van der Waals surface area contributed by atoms with E-state index >= 15 is 0 Å². The van der Waals surface area contributed by atoms with Crippen LogP contribution in [0.3, 0.4) is 0 Å². The van der Waals surface area contributed by atoms with Gasteiger partial charge in [0.25, 0.3) is 5.56 Å². The van der Waals surface area contributed by atoms with Crippen molar-refractivity contribution in [2.75, 3.05) is 7.11 Å². The maximum atomic E-state index is 13.1. The fraction of sp³-hybridized carbons (Fsp3) is 0.0476. The number of hydrogen-bond donors (Lipinski definition) is 0. The molecule has 0 unspecified atom stereocenters. The Morgan fingerprint density at radius 1 is 1.00 bits per heavy atom. The Kier molecular flexibility index (Phi) is 4.37. The van der Waals surface area contributed by atoms with Gasteiger partial charge in [0.05, 0.1) is 23.7 Å². The summed E-state index contributed by atoms with van der Waals surface area (Å²) in [5.41, 5.74) is 1.35. The summed E-state index contributed by atoms with van der Waals surface area (Å²) in [6.07, 6.45) is 3.85. The monoisotopic (exact) mass is 360 g/mol. The first kappa shape index (κ1) is 16.3. The summed E-state index contributed by atoms with van der Waals surface area (Å²) in [7, 11) is 1.62. The molecule has 4 rings (SSSR count). The van der Waals surface area contributed by atoms with Gasteiger partial charge in [-0.1, -0.05) is 18.2 Å². The molecule has 2 aromatic carbocycles. The Labute approximate surface area is 154 Å². The predicted molar refractivity (Wildman–Crippen MR) is 107 cm³/mol. The van der Waals surface area contributed by atoms with Crippen LogP contribution in [0.25, 0.3) is 28.7 Å². The van der Waals surface area contributed by atoms with Crippen LogP contribution in [0.1, 0.15) is 10.7 Å². The van der Waals surface area contributed by atoms with Crippen LogP contribution in [0.5, 0.6) is 5.75 Å². The van der Waals surface area contributed by atoms with Crippen molar-refractivity contribution in [1.29, 1.82) is 0 Å². The highest BCUT2D eigenvalue weighted by molar-refractivity contribution is 7.10. The first-order valence-electron chi connectivity index (χ1n) is 8.14. The average molecular weight is 360 g/mol. The first-order valence-corrected chi connectivity index (χ1v) is 9.02. The molecular formula is C21H16N2O2S. The topological polar surface area (TPSA) is 44.1 Å². The van der Waals surface area contributed by atoms with Crippen LogP contribution < -0.4 is 10.3 Å². The molecule has 0 N–H and O–H groups in total. The third-order valence-corrected chi connectivity index (χ3v) is 4.91. The Balaban J connectivity index is 1.94. The van der Waals surface area contributed by atoms with Crippen LogP contribution in [0.15, 0.2) is 70.8 Å². The zero-order valence-corrected chi connectivity index (χ0v) is 14.9. The second kappa shape index (κ2) is 6.98. The number of hydrogen-bond acceptors (Lipinski definition) is 4. The molecule has 0 saturated carbocycles. The summed E-state index contributed by atoms with van der Waals surface area (Å²) in [5, 5.41) is 2.61. The molecule has 0 spiro atoms. The molecule has 0 atom stereocenters. The van der Waals surface area contributed by atoms with Crippen LogP contribution in [-0.4, -0.2) is 16.7 Å². The van der Waals surface area contributed by atoms with Gasteiger partial charge in [-0.15, -0.1) is 11.3 Å². The lowest BCUT2D eigenvalue weighted by Crippen LogP contribution is -2.22. The van der Waals surface area contributed by atoms with Gasteiger partial charge < -0.3 is 4.74 Å². The number of ether oxygens (including phenoxy) is 1. The van der Waals surface area contributed by atoms with Crippen LogP contribution in [0, 0.1) is 0 Å². The molecule has 0 aliphatic carbocycles. The van der Waals surface area contributed by atoms with E-state index in [-0.39, 0.29) is 5.56 Å². The van der Waals surface area contributed by atoms with Gasteiger partial charge in [-0.25, -0.2) is 4.98 Å². The number of thiophene rings is 1. The molecule has 0 fully saturated rings. The van der Waals surface area contributed by atoms with E-state index in [1.165, 1.54) is 0 Å². The van der Waals surface area contributed by atoms with Crippen LogP contribution in [0.4, 0.5) is 0 Å². The zero-order chi connectivity index (χ0) is 17.9. The minimum Gasteiger partial charge on any atom is -0.497 e. The molecule has 0 bridgehead atoms. The van der Waals surface area contributed by atoms with Gasteiger partial charge in [0, 0.05) is 4.88 Å². The fourth-order valence-corrected chi connectivity index (χ4v) is 3.40. The van der Waals surface area contributed by atoms with E-state index < -0.39 is 0 Å². The number of methoxy groups -OCH3 is 1. The minimum atomic E-state index is -0.0911. The lowest BCUT2D eigenvalue weighted by atomic mass is 10.2. The second-order valence-corrected chi connectivity index (χ2v) is 6.65. The lowest BCUT2D eigenvalue weighted by molar-refractivity contribution is 0.414. The molecule has 0 aliphatic heterocycles. The van der Waals surface area contributed by atoms with E-state index in [0.717, 1.165) is 16.3 Å². The fourth-order valence-electron chi connectivity index (χ4n) is 2.79. The Bertz CT molecular complexity index is 1130. The van der Waals surface area contributed by atoms with Gasteiger partial charge >= 0.3 is 0 Å². The van der Waals surface area contributed by atoms with Crippen molar-refractivity contribution in [3.8, 4) is 11.4 Å². The molecule has 0 amide bonds. The smallest absolute Gasteiger partial charge is 0.266 e. The summed E-state index contributed by atoms with van der Waals surface area (Å²) in [5.74, 6) is 1.33. The Morgan fingerprint density at radius 2 is 1.81 bits per heavy atom. The van der Waals surface area contributed by atoms with Crippen molar-refractivity contribution in [2.45, 2.75) is 0 Å². The van der Waals surface area contributed by atoms with Crippen molar-refractivity contribution in [2.24, 2.45) is 0 Å². The highest BCUT2D eigenvalue weighted by Crippen LogP contribution is 2.19. The van der Waals surface area contributed by atoms with E-state index in [4.69, 9.17) is 9.72 Å². The van der Waals surface area contributed by atoms with Crippen molar-refractivity contribution in [1.82, 2.24) is 9.55 Å². The summed E-state index contributed by atoms with van der Waals surface area (Å²) < 4.78 is 6.85. The third-order valence-electron chi connectivity index (χ3n) is 4.07. The van der Waals surface area contributed by atoms with Crippen molar-refractivity contribution >= 4 is 34.4 Å². The first-order chi connectivity index (χ1) is 12.8. The van der Waals surface area contributed by atoms with E-state index in [1.807, 2.05) is 72.1 Å². The highest BCUT2D eigenvalue weighted by atomic mass is 32.1. The molecule has 0 radical (unpaired) electrons. The molecule has 4 nitrogen and oxygen atoms in total. The van der Waals surface area contributed by atoms with Crippen molar-refractivity contribution < 1.29 is 4.74 Å². The van der Waals surface area contributed by atoms with Gasteiger partial charge in [-0.2, -0.15) is 0 Å². The van der Waals surface area contributed by atoms with E-state index in [9.17, 15) is 4.79 Å². The lowest BCUT2D eigenvalue weighted by Gasteiger charge is -2.12. The predicted octanol–water partition coefficient (Wildman–Crippen LogP) is 4.63. The molecule has 0 aliphatic rings. The molecular weight excluding hydrogens is 344 g/mol. The second-order valence-electron chi connectivity index (χ2n) is 5.67. The number of benzene rings is 2. The Hall–Kier alpha value is -3.18. The van der Waals surface area contributed by atoms with Gasteiger partial charge in [-0.3, -0.25) is 9.36 Å². The number of fused-ring (bicyclic) bond motifs is 1. The van der Waals surface area contributed by atoms with E-state index in [0.29, 0.717) is 16.7 Å². The summed E-state index contributed by atoms with van der Waals surface area (Å²) >= 11 is 1.64. The maximum Gasteiger partial charge on any atom is 0.266 e. The average Bonchev–Trinajstić information content (AvgIpc) is 3.20. The quantitative estimate of drug-likeness (QED) is 0.533. The molecule has 2 heterocycles. The summed E-state index contributed by atoms with van der Waals surface area (Å²) in [4.78, 5) is 18.9.